The van der Waals surface area contributed by atoms with Gasteiger partial charge in [-0.2, -0.15) is 0 Å². The molecule has 6 nitrogen and oxygen atoms in total. The predicted octanol–water partition coefficient (Wildman–Crippen LogP) is 1.90. The number of ether oxygens (including phenoxy) is 1. The summed E-state index contributed by atoms with van der Waals surface area (Å²) < 4.78 is 5.58. The summed E-state index contributed by atoms with van der Waals surface area (Å²) in [4.78, 5) is 27.8. The number of carbonyl (C=O) groups is 2. The molecule has 2 unspecified atom stereocenters. The van der Waals surface area contributed by atoms with Gasteiger partial charge in [0.05, 0.1) is 18.3 Å². The van der Waals surface area contributed by atoms with E-state index in [2.05, 4.69) is 10.3 Å². The minimum Gasteiger partial charge on any atom is -0.481 e. The molecular weight excluding hydrogens is 308 g/mol. The van der Waals surface area contributed by atoms with E-state index in [1.165, 1.54) is 6.92 Å². The van der Waals surface area contributed by atoms with Crippen molar-refractivity contribution in [1.82, 2.24) is 10.3 Å². The highest BCUT2D eigenvalue weighted by atomic mass is 16.5. The first kappa shape index (κ1) is 17.6. The molecule has 126 valence electrons. The van der Waals surface area contributed by atoms with Crippen LogP contribution >= 0.6 is 0 Å². The number of ketones is 1. The number of aliphatic hydroxyl groups is 1. The SMILES string of the molecule is CC(=O)c1cccc(OC(C)C(=O)NC(CO)c2ccccn2)c1. The zero-order valence-corrected chi connectivity index (χ0v) is 13.6. The Balaban J connectivity index is 2.01. The molecule has 0 saturated heterocycles. The number of hydrogen-bond acceptors (Lipinski definition) is 5. The summed E-state index contributed by atoms with van der Waals surface area (Å²) in [5.74, 6) is -0.0234. The molecule has 1 amide bonds. The molecule has 2 rings (SSSR count). The number of nitrogens with one attached hydrogen (secondary N) is 1. The average Bonchev–Trinajstić information content (AvgIpc) is 2.60. The molecule has 1 aromatic heterocycles. The van der Waals surface area contributed by atoms with Crippen molar-refractivity contribution in [2.75, 3.05) is 6.61 Å². The number of hydrogen-bond donors (Lipinski definition) is 2. The lowest BCUT2D eigenvalue weighted by atomic mass is 10.1. The predicted molar refractivity (Wildman–Crippen MR) is 88.7 cm³/mol. The van der Waals surface area contributed by atoms with Crippen molar-refractivity contribution in [2.24, 2.45) is 0 Å². The third-order valence-electron chi connectivity index (χ3n) is 3.47. The highest BCUT2D eigenvalue weighted by molar-refractivity contribution is 5.94. The van der Waals surface area contributed by atoms with Crippen molar-refractivity contribution in [2.45, 2.75) is 26.0 Å². The zero-order chi connectivity index (χ0) is 17.5. The molecule has 0 spiro atoms. The summed E-state index contributed by atoms with van der Waals surface area (Å²) in [5.41, 5.74) is 1.08. The smallest absolute Gasteiger partial charge is 0.261 e. The second-order valence-electron chi connectivity index (χ2n) is 5.34. The van der Waals surface area contributed by atoms with Crippen LogP contribution in [0.25, 0.3) is 0 Å². The van der Waals surface area contributed by atoms with Gasteiger partial charge in [0.15, 0.2) is 11.9 Å². The molecule has 1 aromatic carbocycles. The first-order chi connectivity index (χ1) is 11.5. The summed E-state index contributed by atoms with van der Waals surface area (Å²) >= 11 is 0. The largest absolute Gasteiger partial charge is 0.481 e. The maximum absolute atomic E-state index is 12.3. The fourth-order valence-electron chi connectivity index (χ4n) is 2.13. The molecule has 0 aliphatic carbocycles. The van der Waals surface area contributed by atoms with E-state index in [0.717, 1.165) is 0 Å². The number of Topliss-reactive ketones (excluding diaryl/α,β-unsaturated/α-hetero) is 1. The molecule has 2 N–H and O–H groups in total. The van der Waals surface area contributed by atoms with Crippen LogP contribution in [0.4, 0.5) is 0 Å². The minimum atomic E-state index is -0.787. The monoisotopic (exact) mass is 328 g/mol. The Kier molecular flexibility index (Phi) is 6.03. The molecule has 0 fully saturated rings. The van der Waals surface area contributed by atoms with Crippen LogP contribution in [0.5, 0.6) is 5.75 Å². The molecular formula is C18H20N2O4. The Hall–Kier alpha value is -2.73. The van der Waals surface area contributed by atoms with E-state index in [1.54, 1.807) is 55.6 Å². The molecule has 0 bridgehead atoms. The lowest BCUT2D eigenvalue weighted by Gasteiger charge is -2.20. The van der Waals surface area contributed by atoms with Crippen molar-refractivity contribution < 1.29 is 19.4 Å². The maximum atomic E-state index is 12.3. The fourth-order valence-corrected chi connectivity index (χ4v) is 2.13. The van der Waals surface area contributed by atoms with Crippen molar-refractivity contribution in [3.8, 4) is 5.75 Å². The van der Waals surface area contributed by atoms with Crippen LogP contribution in [0.15, 0.2) is 48.7 Å². The number of aromatic nitrogens is 1. The van der Waals surface area contributed by atoms with E-state index in [9.17, 15) is 14.7 Å². The van der Waals surface area contributed by atoms with E-state index < -0.39 is 12.1 Å². The Morgan fingerprint density at radius 3 is 2.67 bits per heavy atom. The molecule has 6 heteroatoms. The third kappa shape index (κ3) is 4.63. The number of rotatable bonds is 7. The van der Waals surface area contributed by atoms with E-state index in [-0.39, 0.29) is 18.3 Å². The van der Waals surface area contributed by atoms with E-state index in [4.69, 9.17) is 4.74 Å². The van der Waals surface area contributed by atoms with Crippen LogP contribution in [-0.2, 0) is 4.79 Å². The summed E-state index contributed by atoms with van der Waals surface area (Å²) in [6.45, 7) is 2.80. The first-order valence-corrected chi connectivity index (χ1v) is 7.61. The van der Waals surface area contributed by atoms with Crippen molar-refractivity contribution in [3.05, 3.63) is 59.9 Å². The summed E-state index contributed by atoms with van der Waals surface area (Å²) in [7, 11) is 0. The quantitative estimate of drug-likeness (QED) is 0.758. The summed E-state index contributed by atoms with van der Waals surface area (Å²) in [6, 6.07) is 11.3. The van der Waals surface area contributed by atoms with Gasteiger partial charge in [-0.3, -0.25) is 14.6 Å². The molecule has 2 atom stereocenters. The number of carbonyl (C=O) groups excluding carboxylic acids is 2. The number of nitrogens with zero attached hydrogens (tertiary/aromatic N) is 1. The van der Waals surface area contributed by atoms with Gasteiger partial charge in [-0.05, 0) is 38.1 Å². The molecule has 1 heterocycles. The van der Waals surface area contributed by atoms with Crippen molar-refractivity contribution in [1.29, 1.82) is 0 Å². The molecule has 2 aromatic rings. The molecule has 0 aliphatic heterocycles. The number of pyridine rings is 1. The normalized spacial score (nSPS) is 13.0. The topological polar surface area (TPSA) is 88.5 Å². The van der Waals surface area contributed by atoms with Crippen LogP contribution in [0.1, 0.15) is 35.9 Å². The lowest BCUT2D eigenvalue weighted by molar-refractivity contribution is -0.128. The van der Waals surface area contributed by atoms with Gasteiger partial charge < -0.3 is 15.2 Å². The molecule has 0 aliphatic rings. The van der Waals surface area contributed by atoms with Gasteiger partial charge >= 0.3 is 0 Å². The number of benzene rings is 1. The Labute approximate surface area is 140 Å². The second kappa shape index (κ2) is 8.21. The fraction of sp³-hybridized carbons (Fsp3) is 0.278. The van der Waals surface area contributed by atoms with E-state index in [0.29, 0.717) is 17.0 Å². The molecule has 24 heavy (non-hydrogen) atoms. The second-order valence-corrected chi connectivity index (χ2v) is 5.34. The van der Waals surface area contributed by atoms with Crippen molar-refractivity contribution in [3.63, 3.8) is 0 Å². The van der Waals surface area contributed by atoms with Gasteiger partial charge in [0.2, 0.25) is 0 Å². The third-order valence-corrected chi connectivity index (χ3v) is 3.47. The highest BCUT2D eigenvalue weighted by Gasteiger charge is 2.20. The summed E-state index contributed by atoms with van der Waals surface area (Å²) in [5, 5.41) is 12.2. The average molecular weight is 328 g/mol. The van der Waals surface area contributed by atoms with Gasteiger partial charge in [0, 0.05) is 11.8 Å². The van der Waals surface area contributed by atoms with Gasteiger partial charge in [-0.1, -0.05) is 18.2 Å². The highest BCUT2D eigenvalue weighted by Crippen LogP contribution is 2.16. The van der Waals surface area contributed by atoms with Crippen LogP contribution in [0, 0.1) is 0 Å². The van der Waals surface area contributed by atoms with E-state index >= 15 is 0 Å². The first-order valence-electron chi connectivity index (χ1n) is 7.61. The minimum absolute atomic E-state index is 0.0759. The zero-order valence-electron chi connectivity index (χ0n) is 13.6. The van der Waals surface area contributed by atoms with Gasteiger partial charge in [0.25, 0.3) is 5.91 Å². The van der Waals surface area contributed by atoms with Crippen LogP contribution in [-0.4, -0.2) is 34.5 Å². The Morgan fingerprint density at radius 1 is 1.25 bits per heavy atom. The van der Waals surface area contributed by atoms with Crippen molar-refractivity contribution >= 4 is 11.7 Å². The van der Waals surface area contributed by atoms with Crippen LogP contribution in [0.3, 0.4) is 0 Å². The van der Waals surface area contributed by atoms with Crippen LogP contribution in [0.2, 0.25) is 0 Å². The lowest BCUT2D eigenvalue weighted by Crippen LogP contribution is -2.40. The molecule has 0 radical (unpaired) electrons. The summed E-state index contributed by atoms with van der Waals surface area (Å²) in [6.07, 6.45) is 0.808. The van der Waals surface area contributed by atoms with Gasteiger partial charge in [-0.15, -0.1) is 0 Å². The van der Waals surface area contributed by atoms with Gasteiger partial charge in [-0.25, -0.2) is 0 Å². The maximum Gasteiger partial charge on any atom is 0.261 e. The molecule has 0 saturated carbocycles. The standard InChI is InChI=1S/C18H20N2O4/c1-12(22)14-6-5-7-15(10-14)24-13(2)18(23)20-17(11-21)16-8-3-4-9-19-16/h3-10,13,17,21H,11H2,1-2H3,(H,20,23). The number of amides is 1. The van der Waals surface area contributed by atoms with Crippen LogP contribution < -0.4 is 10.1 Å². The van der Waals surface area contributed by atoms with Gasteiger partial charge in [0.1, 0.15) is 5.75 Å². The number of aliphatic hydroxyl groups excluding tert-OH is 1. The Morgan fingerprint density at radius 2 is 2.04 bits per heavy atom. The van der Waals surface area contributed by atoms with E-state index in [1.807, 2.05) is 0 Å². The Bertz CT molecular complexity index is 703.